The Bertz CT molecular complexity index is 332. The number of nitrogens with one attached hydrogen (secondary N) is 1. The van der Waals surface area contributed by atoms with Gasteiger partial charge in [-0.15, -0.1) is 0 Å². The summed E-state index contributed by atoms with van der Waals surface area (Å²) in [6.07, 6.45) is 4.65. The smallest absolute Gasteiger partial charge is 0.0691 e. The summed E-state index contributed by atoms with van der Waals surface area (Å²) in [7, 11) is -0.778. The molecule has 4 heteroatoms. The second kappa shape index (κ2) is 6.23. The standard InChI is InChI=1S/C15H29NO2S/c1-5-16-14-13(7-6-9-15(14,3)4)19(17)12-8-10-18-11(12)2/h11-14,16H,5-10H2,1-4H3. The molecule has 1 heterocycles. The van der Waals surface area contributed by atoms with Crippen molar-refractivity contribution in [3.05, 3.63) is 0 Å². The first-order valence-electron chi connectivity index (χ1n) is 7.71. The van der Waals surface area contributed by atoms with Gasteiger partial charge < -0.3 is 10.1 Å². The van der Waals surface area contributed by atoms with E-state index >= 15 is 0 Å². The molecule has 1 aliphatic carbocycles. The van der Waals surface area contributed by atoms with Crippen molar-refractivity contribution in [3.63, 3.8) is 0 Å². The summed E-state index contributed by atoms with van der Waals surface area (Å²) < 4.78 is 18.6. The van der Waals surface area contributed by atoms with Crippen LogP contribution in [0.3, 0.4) is 0 Å². The van der Waals surface area contributed by atoms with Gasteiger partial charge in [0.2, 0.25) is 0 Å². The van der Waals surface area contributed by atoms with Crippen LogP contribution in [-0.2, 0) is 15.5 Å². The van der Waals surface area contributed by atoms with Crippen LogP contribution in [-0.4, -0.2) is 40.0 Å². The molecular weight excluding hydrogens is 258 g/mol. The lowest BCUT2D eigenvalue weighted by Crippen LogP contribution is -2.55. The van der Waals surface area contributed by atoms with Crippen LogP contribution in [0, 0.1) is 5.41 Å². The molecule has 19 heavy (non-hydrogen) atoms. The number of hydrogen-bond acceptors (Lipinski definition) is 3. The van der Waals surface area contributed by atoms with Crippen molar-refractivity contribution in [1.29, 1.82) is 0 Å². The van der Waals surface area contributed by atoms with Crippen molar-refractivity contribution in [1.82, 2.24) is 5.32 Å². The van der Waals surface area contributed by atoms with Crippen LogP contribution in [0.25, 0.3) is 0 Å². The molecule has 5 atom stereocenters. The normalized spacial score (nSPS) is 40.2. The largest absolute Gasteiger partial charge is 0.377 e. The third-order valence-electron chi connectivity index (χ3n) is 4.85. The number of hydrogen-bond donors (Lipinski definition) is 1. The van der Waals surface area contributed by atoms with Crippen LogP contribution in [0.4, 0.5) is 0 Å². The highest BCUT2D eigenvalue weighted by molar-refractivity contribution is 7.86. The monoisotopic (exact) mass is 287 g/mol. The van der Waals surface area contributed by atoms with Gasteiger partial charge in [0.05, 0.1) is 16.6 Å². The van der Waals surface area contributed by atoms with E-state index in [0.717, 1.165) is 26.0 Å². The molecule has 0 radical (unpaired) electrons. The van der Waals surface area contributed by atoms with Crippen molar-refractivity contribution in [3.8, 4) is 0 Å². The lowest BCUT2D eigenvalue weighted by atomic mass is 9.73. The van der Waals surface area contributed by atoms with E-state index in [0.29, 0.717) is 6.04 Å². The van der Waals surface area contributed by atoms with Crippen molar-refractivity contribution in [2.75, 3.05) is 13.2 Å². The summed E-state index contributed by atoms with van der Waals surface area (Å²) in [5.74, 6) is 0. The quantitative estimate of drug-likeness (QED) is 0.863. The second-order valence-corrected chi connectivity index (χ2v) is 8.55. The Balaban J connectivity index is 2.13. The van der Waals surface area contributed by atoms with Gasteiger partial charge in [-0.3, -0.25) is 4.21 Å². The number of rotatable bonds is 4. The van der Waals surface area contributed by atoms with E-state index in [1.54, 1.807) is 0 Å². The molecule has 0 amide bonds. The first-order valence-corrected chi connectivity index (χ1v) is 8.99. The van der Waals surface area contributed by atoms with Crippen molar-refractivity contribution < 1.29 is 8.95 Å². The fourth-order valence-corrected chi connectivity index (χ4v) is 6.07. The van der Waals surface area contributed by atoms with Gasteiger partial charge in [0.1, 0.15) is 0 Å². The Hall–Kier alpha value is 0.0700. The van der Waals surface area contributed by atoms with Gasteiger partial charge in [0.25, 0.3) is 0 Å². The van der Waals surface area contributed by atoms with Crippen molar-refractivity contribution in [2.24, 2.45) is 5.41 Å². The van der Waals surface area contributed by atoms with E-state index < -0.39 is 10.8 Å². The van der Waals surface area contributed by atoms with Gasteiger partial charge >= 0.3 is 0 Å². The number of ether oxygens (including phenoxy) is 1. The molecule has 0 aromatic carbocycles. The molecular formula is C15H29NO2S. The average Bonchev–Trinajstić information content (AvgIpc) is 2.77. The Morgan fingerprint density at radius 3 is 2.63 bits per heavy atom. The SMILES string of the molecule is CCNC1C(S(=O)C2CCOC2C)CCCC1(C)C. The third-order valence-corrected chi connectivity index (χ3v) is 7.17. The molecule has 3 nitrogen and oxygen atoms in total. The maximum Gasteiger partial charge on any atom is 0.0691 e. The van der Waals surface area contributed by atoms with Crippen LogP contribution >= 0.6 is 0 Å². The van der Waals surface area contributed by atoms with E-state index in [4.69, 9.17) is 4.74 Å². The fourth-order valence-electron chi connectivity index (χ4n) is 3.70. The van der Waals surface area contributed by atoms with E-state index in [1.165, 1.54) is 12.8 Å². The van der Waals surface area contributed by atoms with Gasteiger partial charge in [-0.25, -0.2) is 0 Å². The maximum absolute atomic E-state index is 13.0. The Morgan fingerprint density at radius 1 is 1.32 bits per heavy atom. The predicted octanol–water partition coefficient (Wildman–Crippen LogP) is 2.47. The highest BCUT2D eigenvalue weighted by atomic mass is 32.2. The molecule has 0 spiro atoms. The van der Waals surface area contributed by atoms with Gasteiger partial charge in [0.15, 0.2) is 0 Å². The molecule has 1 saturated carbocycles. The molecule has 0 aromatic rings. The van der Waals surface area contributed by atoms with E-state index in [1.807, 2.05) is 0 Å². The Kier molecular flexibility index (Phi) is 5.07. The van der Waals surface area contributed by atoms with E-state index in [2.05, 4.69) is 33.0 Å². The second-order valence-electron chi connectivity index (χ2n) is 6.69. The Morgan fingerprint density at radius 2 is 2.05 bits per heavy atom. The van der Waals surface area contributed by atoms with Crippen LogP contribution in [0.5, 0.6) is 0 Å². The van der Waals surface area contributed by atoms with Crippen LogP contribution < -0.4 is 5.32 Å². The van der Waals surface area contributed by atoms with Gasteiger partial charge in [-0.2, -0.15) is 0 Å². The molecule has 5 unspecified atom stereocenters. The topological polar surface area (TPSA) is 38.3 Å². The molecule has 1 saturated heterocycles. The molecule has 2 rings (SSSR count). The van der Waals surface area contributed by atoms with E-state index in [-0.39, 0.29) is 22.0 Å². The summed E-state index contributed by atoms with van der Waals surface area (Å²) in [6, 6.07) is 0.375. The summed E-state index contributed by atoms with van der Waals surface area (Å²) >= 11 is 0. The zero-order valence-electron chi connectivity index (χ0n) is 12.8. The molecule has 2 fully saturated rings. The highest BCUT2D eigenvalue weighted by Crippen LogP contribution is 2.39. The molecule has 1 aliphatic heterocycles. The minimum Gasteiger partial charge on any atom is -0.377 e. The van der Waals surface area contributed by atoms with Crippen LogP contribution in [0.2, 0.25) is 0 Å². The molecule has 1 N–H and O–H groups in total. The average molecular weight is 287 g/mol. The van der Waals surface area contributed by atoms with E-state index in [9.17, 15) is 4.21 Å². The van der Waals surface area contributed by atoms with Crippen LogP contribution in [0.1, 0.15) is 53.4 Å². The minimum absolute atomic E-state index is 0.160. The minimum atomic E-state index is -0.778. The molecule has 2 aliphatic rings. The third kappa shape index (κ3) is 3.22. The van der Waals surface area contributed by atoms with Crippen LogP contribution in [0.15, 0.2) is 0 Å². The molecule has 0 bridgehead atoms. The van der Waals surface area contributed by atoms with Gasteiger partial charge in [-0.05, 0) is 38.1 Å². The lowest BCUT2D eigenvalue weighted by molar-refractivity contribution is 0.126. The summed E-state index contributed by atoms with van der Waals surface area (Å²) in [5.41, 5.74) is 0.247. The highest BCUT2D eigenvalue weighted by Gasteiger charge is 2.44. The zero-order valence-corrected chi connectivity index (χ0v) is 13.6. The fraction of sp³-hybridized carbons (Fsp3) is 1.00. The first kappa shape index (κ1) is 15.5. The predicted molar refractivity (Wildman–Crippen MR) is 80.8 cm³/mol. The summed E-state index contributed by atoms with van der Waals surface area (Å²) in [4.78, 5) is 0. The lowest BCUT2D eigenvalue weighted by Gasteiger charge is -2.44. The van der Waals surface area contributed by atoms with Crippen molar-refractivity contribution >= 4 is 10.8 Å². The van der Waals surface area contributed by atoms with Gasteiger partial charge in [-0.1, -0.05) is 27.2 Å². The first-order chi connectivity index (χ1) is 8.97. The van der Waals surface area contributed by atoms with Gasteiger partial charge in [0, 0.05) is 23.4 Å². The maximum atomic E-state index is 13.0. The van der Waals surface area contributed by atoms with Crippen molar-refractivity contribution in [2.45, 2.75) is 76.0 Å². The molecule has 0 aromatic heterocycles. The Labute approximate surface area is 120 Å². The zero-order chi connectivity index (χ0) is 14.0. The summed E-state index contributed by atoms with van der Waals surface area (Å²) in [5, 5.41) is 4.14. The molecule has 112 valence electrons. The summed E-state index contributed by atoms with van der Waals surface area (Å²) in [6.45, 7) is 10.6.